The summed E-state index contributed by atoms with van der Waals surface area (Å²) in [6.45, 7) is 6.41. The lowest BCUT2D eigenvalue weighted by Gasteiger charge is -2.40. The van der Waals surface area contributed by atoms with Crippen molar-refractivity contribution < 1.29 is 14.0 Å². The number of hydrogen-bond donors (Lipinski definition) is 1. The highest BCUT2D eigenvalue weighted by Crippen LogP contribution is 2.24. The van der Waals surface area contributed by atoms with Crippen LogP contribution >= 0.6 is 23.4 Å². The molecule has 2 amide bonds. The molecule has 1 saturated heterocycles. The maximum atomic E-state index is 13.2. The smallest absolute Gasteiger partial charge is 0.254 e. The van der Waals surface area contributed by atoms with E-state index in [9.17, 15) is 14.0 Å². The molecule has 7 nitrogen and oxygen atoms in total. The van der Waals surface area contributed by atoms with Crippen molar-refractivity contribution in [2.45, 2.75) is 44.3 Å². The molecule has 1 N–H and O–H groups in total. The minimum atomic E-state index is -0.368. The van der Waals surface area contributed by atoms with Crippen LogP contribution in [0, 0.1) is 5.82 Å². The molecule has 2 heterocycles. The lowest BCUT2D eigenvalue weighted by atomic mass is 10.1. The van der Waals surface area contributed by atoms with Crippen molar-refractivity contribution >= 4 is 41.0 Å². The first kappa shape index (κ1) is 25.2. The maximum absolute atomic E-state index is 13.2. The molecule has 10 heteroatoms. The van der Waals surface area contributed by atoms with Crippen molar-refractivity contribution in [2.75, 3.05) is 36.8 Å². The van der Waals surface area contributed by atoms with Crippen LogP contribution in [-0.2, 0) is 4.79 Å². The summed E-state index contributed by atoms with van der Waals surface area (Å²) in [5.74, 6) is 0.351. The summed E-state index contributed by atoms with van der Waals surface area (Å²) in [4.78, 5) is 37.5. The van der Waals surface area contributed by atoms with E-state index in [2.05, 4.69) is 27.1 Å². The van der Waals surface area contributed by atoms with Gasteiger partial charge >= 0.3 is 0 Å². The number of unbranched alkanes of at least 4 members (excludes halogenated alkanes) is 2. The third-order valence-corrected chi connectivity index (χ3v) is 6.44. The molecule has 0 saturated carbocycles. The van der Waals surface area contributed by atoms with Crippen molar-refractivity contribution in [3.8, 4) is 0 Å². The quantitative estimate of drug-likeness (QED) is 0.246. The number of benzene rings is 1. The van der Waals surface area contributed by atoms with Crippen LogP contribution in [0.25, 0.3) is 0 Å². The fraction of sp³-hybridized carbons (Fsp3) is 0.478. The summed E-state index contributed by atoms with van der Waals surface area (Å²) < 4.78 is 13.2. The van der Waals surface area contributed by atoms with Gasteiger partial charge in [0.1, 0.15) is 16.8 Å². The van der Waals surface area contributed by atoms with Crippen LogP contribution in [0.4, 0.5) is 10.2 Å². The predicted octanol–water partition coefficient (Wildman–Crippen LogP) is 4.02. The molecular formula is C23H29ClFN5O2S. The highest BCUT2D eigenvalue weighted by molar-refractivity contribution is 7.99. The van der Waals surface area contributed by atoms with Gasteiger partial charge in [0.05, 0.1) is 5.75 Å². The zero-order chi connectivity index (χ0) is 23.8. The lowest BCUT2D eigenvalue weighted by Crippen LogP contribution is -2.54. The fourth-order valence-electron chi connectivity index (χ4n) is 3.62. The monoisotopic (exact) mass is 493 g/mol. The summed E-state index contributed by atoms with van der Waals surface area (Å²) in [5.41, 5.74) is 0.466. The van der Waals surface area contributed by atoms with Gasteiger partial charge in [-0.05, 0) is 37.6 Å². The van der Waals surface area contributed by atoms with Crippen molar-refractivity contribution in [3.63, 3.8) is 0 Å². The molecule has 33 heavy (non-hydrogen) atoms. The van der Waals surface area contributed by atoms with Gasteiger partial charge in [0, 0.05) is 43.9 Å². The molecule has 1 aromatic carbocycles. The summed E-state index contributed by atoms with van der Waals surface area (Å²) in [6.07, 6.45) is 3.17. The Morgan fingerprint density at radius 1 is 1.21 bits per heavy atom. The third-order valence-electron chi connectivity index (χ3n) is 5.40. The zero-order valence-corrected chi connectivity index (χ0v) is 20.5. The Labute approximate surface area is 203 Å². The molecule has 0 spiro atoms. The van der Waals surface area contributed by atoms with E-state index in [-0.39, 0.29) is 29.4 Å². The maximum Gasteiger partial charge on any atom is 0.254 e. The van der Waals surface area contributed by atoms with E-state index in [4.69, 9.17) is 11.6 Å². The van der Waals surface area contributed by atoms with Gasteiger partial charge in [-0.1, -0.05) is 43.1 Å². The number of carbonyl (C=O) groups excluding carboxylic acids is 2. The molecule has 1 aliphatic rings. The minimum absolute atomic E-state index is 0.0530. The van der Waals surface area contributed by atoms with E-state index >= 15 is 0 Å². The first-order valence-corrected chi connectivity index (χ1v) is 12.5. The number of nitrogens with one attached hydrogen (secondary N) is 1. The number of halogens is 2. The number of anilines is 1. The second kappa shape index (κ2) is 12.2. The molecule has 1 aliphatic heterocycles. The summed E-state index contributed by atoms with van der Waals surface area (Å²) in [5, 5.41) is 3.65. The lowest BCUT2D eigenvalue weighted by molar-refractivity contribution is -0.118. The number of hydrogen-bond acceptors (Lipinski definition) is 6. The molecular weight excluding hydrogens is 465 g/mol. The van der Waals surface area contributed by atoms with E-state index in [1.165, 1.54) is 36.0 Å². The normalized spacial score (nSPS) is 16.1. The highest BCUT2D eigenvalue weighted by atomic mass is 35.5. The van der Waals surface area contributed by atoms with Crippen LogP contribution in [0.1, 0.15) is 43.5 Å². The standard InChI is InChI=1S/C23H29ClFN5O2S/c1-3-4-5-10-26-21(31)15-33-23-27-19(24)13-20(28-23)29-11-12-30(16(2)14-29)22(32)17-6-8-18(25)9-7-17/h6-9,13,16H,3-5,10-12,14-15H2,1-2H3,(H,26,31). The molecule has 0 radical (unpaired) electrons. The Kier molecular flexibility index (Phi) is 9.31. The van der Waals surface area contributed by atoms with Gasteiger partial charge < -0.3 is 15.1 Å². The Hall–Kier alpha value is -2.39. The highest BCUT2D eigenvalue weighted by Gasteiger charge is 2.29. The topological polar surface area (TPSA) is 78.4 Å². The number of amides is 2. The Morgan fingerprint density at radius 3 is 2.67 bits per heavy atom. The predicted molar refractivity (Wildman–Crippen MR) is 129 cm³/mol. The van der Waals surface area contributed by atoms with Crippen LogP contribution in [0.5, 0.6) is 0 Å². The fourth-order valence-corrected chi connectivity index (χ4v) is 4.53. The van der Waals surface area contributed by atoms with Crippen molar-refractivity contribution in [1.82, 2.24) is 20.2 Å². The van der Waals surface area contributed by atoms with Gasteiger partial charge in [0.15, 0.2) is 5.16 Å². The molecule has 0 aliphatic carbocycles. The Bertz CT molecular complexity index is 962. The van der Waals surface area contributed by atoms with Crippen LogP contribution in [0.15, 0.2) is 35.5 Å². The van der Waals surface area contributed by atoms with Crippen molar-refractivity contribution in [2.24, 2.45) is 0 Å². The molecule has 1 aromatic heterocycles. The Balaban J connectivity index is 1.58. The van der Waals surface area contributed by atoms with E-state index in [0.29, 0.717) is 47.9 Å². The van der Waals surface area contributed by atoms with Gasteiger partial charge in [-0.15, -0.1) is 0 Å². The van der Waals surface area contributed by atoms with E-state index in [0.717, 1.165) is 19.3 Å². The largest absolute Gasteiger partial charge is 0.355 e. The second-order valence-corrected chi connectivity index (χ2v) is 9.31. The number of rotatable bonds is 9. The van der Waals surface area contributed by atoms with Gasteiger partial charge in [0.2, 0.25) is 5.91 Å². The molecule has 1 unspecified atom stereocenters. The average molecular weight is 494 g/mol. The first-order chi connectivity index (χ1) is 15.9. The molecule has 178 valence electrons. The van der Waals surface area contributed by atoms with Gasteiger partial charge in [-0.2, -0.15) is 0 Å². The number of carbonyl (C=O) groups is 2. The van der Waals surface area contributed by atoms with Crippen LogP contribution in [-0.4, -0.2) is 64.7 Å². The van der Waals surface area contributed by atoms with Gasteiger partial charge in [0.25, 0.3) is 5.91 Å². The molecule has 0 bridgehead atoms. The zero-order valence-electron chi connectivity index (χ0n) is 18.9. The third kappa shape index (κ3) is 7.30. The van der Waals surface area contributed by atoms with Crippen LogP contribution in [0.3, 0.4) is 0 Å². The first-order valence-electron chi connectivity index (χ1n) is 11.1. The average Bonchev–Trinajstić information content (AvgIpc) is 2.80. The molecule has 2 aromatic rings. The summed E-state index contributed by atoms with van der Waals surface area (Å²) in [7, 11) is 0. The van der Waals surface area contributed by atoms with E-state index in [1.54, 1.807) is 11.0 Å². The SMILES string of the molecule is CCCCCNC(=O)CSc1nc(Cl)cc(N2CCN(C(=O)c3ccc(F)cc3)C(C)C2)n1. The van der Waals surface area contributed by atoms with Gasteiger partial charge in [-0.25, -0.2) is 14.4 Å². The van der Waals surface area contributed by atoms with Crippen LogP contribution < -0.4 is 10.2 Å². The molecule has 1 fully saturated rings. The van der Waals surface area contributed by atoms with Crippen molar-refractivity contribution in [3.05, 3.63) is 46.9 Å². The summed E-state index contributed by atoms with van der Waals surface area (Å²) >= 11 is 7.47. The van der Waals surface area contributed by atoms with Gasteiger partial charge in [-0.3, -0.25) is 9.59 Å². The van der Waals surface area contributed by atoms with Crippen molar-refractivity contribution in [1.29, 1.82) is 0 Å². The summed E-state index contributed by atoms with van der Waals surface area (Å²) in [6, 6.07) is 7.22. The Morgan fingerprint density at radius 2 is 1.97 bits per heavy atom. The number of aromatic nitrogens is 2. The minimum Gasteiger partial charge on any atom is -0.355 e. The number of piperazine rings is 1. The number of nitrogens with zero attached hydrogens (tertiary/aromatic N) is 4. The van der Waals surface area contributed by atoms with Crippen LogP contribution in [0.2, 0.25) is 5.15 Å². The van der Waals surface area contributed by atoms with E-state index < -0.39 is 0 Å². The molecule has 1 atom stereocenters. The van der Waals surface area contributed by atoms with E-state index in [1.807, 2.05) is 6.92 Å². The molecule has 3 rings (SSSR count). The second-order valence-electron chi connectivity index (χ2n) is 7.98. The number of thioether (sulfide) groups is 1.